The molecule has 6 aromatic carbocycles. The molecule has 57 heavy (non-hydrogen) atoms. The smallest absolute Gasteiger partial charge is 0.161 e. The van der Waals surface area contributed by atoms with E-state index < -0.39 is 0 Å². The number of aromatic nitrogens is 1. The lowest BCUT2D eigenvalue weighted by molar-refractivity contribution is 0.565. The molecule has 4 heterocycles. The molecule has 2 atom stereocenters. The average molecular weight is 771 g/mol. The molecule has 4 aromatic heterocycles. The van der Waals surface area contributed by atoms with Crippen LogP contribution in [0.15, 0.2) is 174 Å². The number of rotatable bonds is 5. The van der Waals surface area contributed by atoms with Crippen LogP contribution in [0.5, 0.6) is 0 Å². The molecule has 2 aliphatic carbocycles. The fourth-order valence-electron chi connectivity index (χ4n) is 9.61. The number of hydrogen-bond donors (Lipinski definition) is 0. The number of para-hydroxylation sites is 2. The summed E-state index contributed by atoms with van der Waals surface area (Å²) in [6.07, 6.45) is 11.5. The zero-order valence-electron chi connectivity index (χ0n) is 31.7. The van der Waals surface area contributed by atoms with Gasteiger partial charge in [-0.15, -0.1) is 22.7 Å². The van der Waals surface area contributed by atoms with Gasteiger partial charge in [0.05, 0.1) is 16.6 Å². The van der Waals surface area contributed by atoms with Crippen molar-refractivity contribution in [2.45, 2.75) is 32.2 Å². The van der Waals surface area contributed by atoms with Crippen LogP contribution in [0.25, 0.3) is 73.6 Å². The highest BCUT2D eigenvalue weighted by Crippen LogP contribution is 2.48. The monoisotopic (exact) mass is 770 g/mol. The average Bonchev–Trinajstić information content (AvgIpc) is 3.99. The van der Waals surface area contributed by atoms with Gasteiger partial charge in [0.15, 0.2) is 5.58 Å². The Kier molecular flexibility index (Phi) is 7.21. The van der Waals surface area contributed by atoms with Crippen molar-refractivity contribution in [2.24, 2.45) is 5.92 Å². The number of benzene rings is 6. The standard InChI is InChI=1S/C52H38N2OS2/c1-32-28-42(50-43(29-32)49-51(55-50)41-16-6-9-17-44(41)53(49)34-12-4-3-5-13-34)33-24-26-52(2,27-25-33)54(35-20-22-39-37-14-7-10-18-45(37)56-47(39)30-35)36-21-23-40-38-15-8-11-19-46(38)57-48(40)31-36/h3-26,28,30-32H,27,29H2,1-2H3. The second kappa shape index (κ2) is 12.4. The number of allylic oxidation sites excluding steroid dienone is 4. The molecule has 10 aromatic rings. The van der Waals surface area contributed by atoms with Crippen molar-refractivity contribution in [3.63, 3.8) is 0 Å². The van der Waals surface area contributed by atoms with Crippen LogP contribution >= 0.6 is 22.7 Å². The zero-order valence-corrected chi connectivity index (χ0v) is 33.3. The molecule has 0 fully saturated rings. The zero-order chi connectivity index (χ0) is 37.8. The minimum Gasteiger partial charge on any atom is -0.453 e. The molecule has 0 amide bonds. The predicted octanol–water partition coefficient (Wildman–Crippen LogP) is 15.2. The normalized spacial score (nSPS) is 18.2. The van der Waals surface area contributed by atoms with Crippen molar-refractivity contribution in [3.05, 3.63) is 181 Å². The SMILES string of the molecule is CC1C=C(C2=CCC(C)(N(c3ccc4c(c3)sc3ccccc34)c3ccc4c(c3)sc3ccccc34)C=C2)c2oc3c4ccccc4n(-c4ccccc4)c3c2C1. The Morgan fingerprint density at radius 3 is 1.91 bits per heavy atom. The van der Waals surface area contributed by atoms with Crippen molar-refractivity contribution in [1.82, 2.24) is 4.57 Å². The van der Waals surface area contributed by atoms with E-state index in [-0.39, 0.29) is 5.54 Å². The Bertz CT molecular complexity index is 3240. The van der Waals surface area contributed by atoms with Crippen LogP contribution in [0, 0.1) is 5.92 Å². The summed E-state index contributed by atoms with van der Waals surface area (Å²) in [5, 5.41) is 6.44. The van der Waals surface area contributed by atoms with E-state index in [1.165, 1.54) is 79.5 Å². The molecule has 0 aliphatic heterocycles. The number of fused-ring (bicyclic) bond motifs is 11. The maximum atomic E-state index is 7.02. The molecule has 0 radical (unpaired) electrons. The summed E-state index contributed by atoms with van der Waals surface area (Å²) in [6, 6.07) is 51.0. The van der Waals surface area contributed by atoms with E-state index in [4.69, 9.17) is 4.42 Å². The Morgan fingerprint density at radius 2 is 1.26 bits per heavy atom. The summed E-state index contributed by atoms with van der Waals surface area (Å²) in [7, 11) is 0. The quantitative estimate of drug-likeness (QED) is 0.174. The maximum Gasteiger partial charge on any atom is 0.161 e. The van der Waals surface area contributed by atoms with E-state index in [1.807, 2.05) is 22.7 Å². The van der Waals surface area contributed by atoms with Gasteiger partial charge in [0.1, 0.15) is 5.76 Å². The van der Waals surface area contributed by atoms with Gasteiger partial charge in [-0.3, -0.25) is 0 Å². The van der Waals surface area contributed by atoms with Gasteiger partial charge in [0.25, 0.3) is 0 Å². The van der Waals surface area contributed by atoms with E-state index in [0.29, 0.717) is 5.92 Å². The van der Waals surface area contributed by atoms with Crippen LogP contribution < -0.4 is 4.90 Å². The van der Waals surface area contributed by atoms with Crippen molar-refractivity contribution < 1.29 is 4.42 Å². The molecule has 2 aliphatic rings. The van der Waals surface area contributed by atoms with Gasteiger partial charge in [-0.2, -0.15) is 0 Å². The van der Waals surface area contributed by atoms with Gasteiger partial charge in [0, 0.05) is 73.9 Å². The van der Waals surface area contributed by atoms with Crippen LogP contribution in [-0.2, 0) is 6.42 Å². The molecule has 0 N–H and O–H groups in total. The third-order valence-electron chi connectivity index (χ3n) is 12.2. The number of thiophene rings is 2. The number of hydrogen-bond acceptors (Lipinski definition) is 4. The van der Waals surface area contributed by atoms with Crippen LogP contribution in [0.4, 0.5) is 11.4 Å². The molecule has 12 rings (SSSR count). The second-order valence-electron chi connectivity index (χ2n) is 16.0. The highest BCUT2D eigenvalue weighted by atomic mass is 32.1. The molecule has 0 bridgehead atoms. The lowest BCUT2D eigenvalue weighted by atomic mass is 9.81. The lowest BCUT2D eigenvalue weighted by Gasteiger charge is -2.42. The first-order valence-corrected chi connectivity index (χ1v) is 21.5. The van der Waals surface area contributed by atoms with Gasteiger partial charge in [-0.25, -0.2) is 0 Å². The van der Waals surface area contributed by atoms with E-state index in [9.17, 15) is 0 Å². The third kappa shape index (κ3) is 5.02. The van der Waals surface area contributed by atoms with E-state index >= 15 is 0 Å². The van der Waals surface area contributed by atoms with Gasteiger partial charge < -0.3 is 13.9 Å². The summed E-state index contributed by atoms with van der Waals surface area (Å²) < 4.78 is 14.7. The minimum atomic E-state index is -0.324. The molecule has 3 nitrogen and oxygen atoms in total. The highest BCUT2D eigenvalue weighted by Gasteiger charge is 2.35. The van der Waals surface area contributed by atoms with Crippen molar-refractivity contribution in [2.75, 3.05) is 4.90 Å². The number of furan rings is 1. The Hall–Kier alpha value is -6.14. The minimum absolute atomic E-state index is 0.324. The van der Waals surface area contributed by atoms with E-state index in [0.717, 1.165) is 35.3 Å². The van der Waals surface area contributed by atoms with Gasteiger partial charge in [-0.1, -0.05) is 110 Å². The molecule has 0 saturated carbocycles. The van der Waals surface area contributed by atoms with E-state index in [1.54, 1.807) is 0 Å². The highest BCUT2D eigenvalue weighted by molar-refractivity contribution is 7.26. The molecule has 0 saturated heterocycles. The van der Waals surface area contributed by atoms with E-state index in [2.05, 4.69) is 187 Å². The van der Waals surface area contributed by atoms with Crippen molar-refractivity contribution >= 4 is 102 Å². The lowest BCUT2D eigenvalue weighted by Crippen LogP contribution is -2.42. The van der Waals surface area contributed by atoms with Gasteiger partial charge >= 0.3 is 0 Å². The summed E-state index contributed by atoms with van der Waals surface area (Å²) in [6.45, 7) is 4.73. The van der Waals surface area contributed by atoms with Gasteiger partial charge in [0.2, 0.25) is 0 Å². The van der Waals surface area contributed by atoms with Crippen LogP contribution in [-0.4, -0.2) is 10.1 Å². The van der Waals surface area contributed by atoms with Crippen molar-refractivity contribution in [3.8, 4) is 5.69 Å². The van der Waals surface area contributed by atoms with Crippen LogP contribution in [0.2, 0.25) is 0 Å². The third-order valence-corrected chi connectivity index (χ3v) is 14.5. The van der Waals surface area contributed by atoms with Crippen LogP contribution in [0.1, 0.15) is 31.6 Å². The topological polar surface area (TPSA) is 21.3 Å². The van der Waals surface area contributed by atoms with Gasteiger partial charge in [-0.05, 0) is 91.9 Å². The fourth-order valence-corrected chi connectivity index (χ4v) is 11.9. The second-order valence-corrected chi connectivity index (χ2v) is 18.2. The Labute approximate surface area is 338 Å². The fraction of sp³-hybridized carbons (Fsp3) is 0.115. The summed E-state index contributed by atoms with van der Waals surface area (Å²) in [5.41, 5.74) is 10.3. The Balaban J connectivity index is 0.979. The predicted molar refractivity (Wildman–Crippen MR) is 245 cm³/mol. The van der Waals surface area contributed by atoms with Crippen LogP contribution in [0.3, 0.4) is 0 Å². The molecule has 5 heteroatoms. The Morgan fingerprint density at radius 1 is 0.667 bits per heavy atom. The maximum absolute atomic E-state index is 7.02. The molecular weight excluding hydrogens is 733 g/mol. The molecule has 0 spiro atoms. The number of anilines is 2. The van der Waals surface area contributed by atoms with Crippen molar-refractivity contribution in [1.29, 1.82) is 0 Å². The molecule has 2 unspecified atom stereocenters. The summed E-state index contributed by atoms with van der Waals surface area (Å²) in [4.78, 5) is 2.57. The molecule has 274 valence electrons. The summed E-state index contributed by atoms with van der Waals surface area (Å²) in [5.74, 6) is 1.38. The molecular formula is C52H38N2OS2. The first-order valence-electron chi connectivity index (χ1n) is 19.9. The summed E-state index contributed by atoms with van der Waals surface area (Å²) >= 11 is 3.76. The first kappa shape index (κ1) is 33.0. The first-order chi connectivity index (χ1) is 28.0. The number of nitrogens with zero attached hydrogens (tertiary/aromatic N) is 2. The largest absolute Gasteiger partial charge is 0.453 e.